The van der Waals surface area contributed by atoms with Crippen molar-refractivity contribution < 1.29 is 24.2 Å². The van der Waals surface area contributed by atoms with Crippen molar-refractivity contribution in [3.8, 4) is 0 Å². The van der Waals surface area contributed by atoms with E-state index in [0.29, 0.717) is 11.3 Å². The molecule has 0 aliphatic rings. The predicted molar refractivity (Wildman–Crippen MR) is 66.4 cm³/mol. The van der Waals surface area contributed by atoms with Gasteiger partial charge in [-0.15, -0.1) is 0 Å². The van der Waals surface area contributed by atoms with Crippen LogP contribution in [0.25, 0.3) is 0 Å². The van der Waals surface area contributed by atoms with Crippen molar-refractivity contribution in [2.24, 2.45) is 0 Å². The van der Waals surface area contributed by atoms with Crippen LogP contribution in [0.1, 0.15) is 12.0 Å². The maximum Gasteiger partial charge on any atom is 0.326 e. The average molecular weight is 270 g/mol. The van der Waals surface area contributed by atoms with E-state index in [4.69, 9.17) is 10.2 Å². The van der Waals surface area contributed by atoms with Crippen molar-refractivity contribution in [1.29, 1.82) is 0 Å². The second-order valence-corrected chi connectivity index (χ2v) is 3.96. The highest BCUT2D eigenvalue weighted by Crippen LogP contribution is 2.15. The Morgan fingerprint density at radius 3 is 2.63 bits per heavy atom. The normalized spacial score (nSPS) is 11.7. The Morgan fingerprint density at radius 2 is 2.11 bits per heavy atom. The fraction of sp³-hybridized carbons (Fsp3) is 0.333. The highest BCUT2D eigenvalue weighted by atomic mass is 19.1. The summed E-state index contributed by atoms with van der Waals surface area (Å²) in [5, 5.41) is 22.1. The molecular formula is C12H15FN2O4. The number of carboxylic acids is 1. The number of carbonyl (C=O) groups excluding carboxylic acids is 1. The summed E-state index contributed by atoms with van der Waals surface area (Å²) < 4.78 is 12.9. The van der Waals surface area contributed by atoms with Crippen molar-refractivity contribution in [1.82, 2.24) is 5.32 Å². The number of amides is 2. The summed E-state index contributed by atoms with van der Waals surface area (Å²) in [7, 11) is 0. The molecule has 0 fully saturated rings. The number of anilines is 1. The van der Waals surface area contributed by atoms with Crippen LogP contribution in [-0.4, -0.2) is 34.9 Å². The maximum atomic E-state index is 12.9. The van der Waals surface area contributed by atoms with Gasteiger partial charge in [0.15, 0.2) is 0 Å². The summed E-state index contributed by atoms with van der Waals surface area (Å²) in [6.45, 7) is 1.26. The molecule has 0 saturated heterocycles. The minimum atomic E-state index is -1.24. The number of benzene rings is 1. The van der Waals surface area contributed by atoms with Gasteiger partial charge >= 0.3 is 12.0 Å². The third-order valence-corrected chi connectivity index (χ3v) is 2.46. The minimum Gasteiger partial charge on any atom is -0.480 e. The third kappa shape index (κ3) is 4.55. The van der Waals surface area contributed by atoms with Crippen LogP contribution < -0.4 is 10.6 Å². The van der Waals surface area contributed by atoms with Crippen LogP contribution in [-0.2, 0) is 4.79 Å². The van der Waals surface area contributed by atoms with Crippen LogP contribution in [0.15, 0.2) is 18.2 Å². The zero-order valence-corrected chi connectivity index (χ0v) is 10.3. The lowest BCUT2D eigenvalue weighted by Crippen LogP contribution is -2.43. The molecule has 0 radical (unpaired) electrons. The molecule has 6 nitrogen and oxygen atoms in total. The molecule has 19 heavy (non-hydrogen) atoms. The van der Waals surface area contributed by atoms with Gasteiger partial charge in [-0.25, -0.2) is 14.0 Å². The number of hydrogen-bond acceptors (Lipinski definition) is 3. The summed E-state index contributed by atoms with van der Waals surface area (Å²) >= 11 is 0. The van der Waals surface area contributed by atoms with E-state index in [-0.39, 0.29) is 13.0 Å². The first-order valence-corrected chi connectivity index (χ1v) is 5.61. The number of rotatable bonds is 5. The number of carbonyl (C=O) groups is 2. The van der Waals surface area contributed by atoms with E-state index >= 15 is 0 Å². The lowest BCUT2D eigenvalue weighted by atomic mass is 10.2. The summed E-state index contributed by atoms with van der Waals surface area (Å²) in [6.07, 6.45) is -0.0921. The Morgan fingerprint density at radius 1 is 1.42 bits per heavy atom. The molecule has 0 aromatic heterocycles. The molecule has 0 aliphatic heterocycles. The molecule has 4 N–H and O–H groups in total. The summed E-state index contributed by atoms with van der Waals surface area (Å²) in [6, 6.07) is 1.91. The largest absolute Gasteiger partial charge is 0.480 e. The molecule has 1 aromatic carbocycles. The fourth-order valence-electron chi connectivity index (χ4n) is 1.47. The molecule has 0 bridgehead atoms. The van der Waals surface area contributed by atoms with Crippen LogP contribution in [0.2, 0.25) is 0 Å². The zero-order chi connectivity index (χ0) is 14.4. The highest BCUT2D eigenvalue weighted by Gasteiger charge is 2.19. The summed E-state index contributed by atoms with van der Waals surface area (Å²) in [4.78, 5) is 22.4. The van der Waals surface area contributed by atoms with Gasteiger partial charge in [-0.1, -0.05) is 0 Å². The van der Waals surface area contributed by atoms with Crippen LogP contribution >= 0.6 is 0 Å². The van der Waals surface area contributed by atoms with Gasteiger partial charge in [0, 0.05) is 18.7 Å². The minimum absolute atomic E-state index is 0.0921. The quantitative estimate of drug-likeness (QED) is 0.643. The van der Waals surface area contributed by atoms with Gasteiger partial charge in [-0.3, -0.25) is 0 Å². The zero-order valence-electron chi connectivity index (χ0n) is 10.3. The molecular weight excluding hydrogens is 255 g/mol. The summed E-state index contributed by atoms with van der Waals surface area (Å²) in [5.74, 6) is -1.66. The van der Waals surface area contributed by atoms with Gasteiger partial charge in [0.2, 0.25) is 0 Å². The predicted octanol–water partition coefficient (Wildman–Crippen LogP) is 1.09. The van der Waals surface area contributed by atoms with Gasteiger partial charge in [0.05, 0.1) is 0 Å². The van der Waals surface area contributed by atoms with E-state index < -0.39 is 23.9 Å². The number of halogens is 1. The van der Waals surface area contributed by atoms with Crippen LogP contribution in [0.3, 0.4) is 0 Å². The Bertz CT molecular complexity index is 479. The van der Waals surface area contributed by atoms with Crippen molar-refractivity contribution >= 4 is 17.7 Å². The number of urea groups is 1. The van der Waals surface area contributed by atoms with Crippen molar-refractivity contribution in [2.75, 3.05) is 11.9 Å². The number of aliphatic hydroxyl groups is 1. The highest BCUT2D eigenvalue weighted by molar-refractivity contribution is 5.92. The molecule has 0 spiro atoms. The first-order valence-electron chi connectivity index (χ1n) is 5.61. The second-order valence-electron chi connectivity index (χ2n) is 3.96. The standard InChI is InChI=1S/C12H15FN2O4/c1-7-6-8(13)2-3-9(7)14-12(19)15-10(4-5-16)11(17)18/h2-3,6,10,16H,4-5H2,1H3,(H,17,18)(H2,14,15,19). The fourth-order valence-corrected chi connectivity index (χ4v) is 1.47. The monoisotopic (exact) mass is 270 g/mol. The van der Waals surface area contributed by atoms with Gasteiger partial charge in [0.1, 0.15) is 11.9 Å². The van der Waals surface area contributed by atoms with Crippen molar-refractivity contribution in [3.05, 3.63) is 29.6 Å². The topological polar surface area (TPSA) is 98.7 Å². The van der Waals surface area contributed by atoms with E-state index in [0.717, 1.165) is 0 Å². The first kappa shape index (κ1) is 14.9. The van der Waals surface area contributed by atoms with E-state index in [1.165, 1.54) is 18.2 Å². The van der Waals surface area contributed by atoms with E-state index in [1.807, 2.05) is 0 Å². The third-order valence-electron chi connectivity index (χ3n) is 2.46. The molecule has 1 rings (SSSR count). The van der Waals surface area contributed by atoms with Crippen LogP contribution in [0.5, 0.6) is 0 Å². The lowest BCUT2D eigenvalue weighted by Gasteiger charge is -2.15. The Balaban J connectivity index is 2.66. The second kappa shape index (κ2) is 6.69. The Kier molecular flexibility index (Phi) is 5.25. The van der Waals surface area contributed by atoms with Gasteiger partial charge < -0.3 is 20.8 Å². The number of aliphatic hydroxyl groups excluding tert-OH is 1. The molecule has 0 aliphatic carbocycles. The lowest BCUT2D eigenvalue weighted by molar-refractivity contribution is -0.139. The summed E-state index contributed by atoms with van der Waals surface area (Å²) in [5.41, 5.74) is 0.899. The Hall–Kier alpha value is -2.15. The van der Waals surface area contributed by atoms with Crippen LogP contribution in [0.4, 0.5) is 14.9 Å². The Labute approximate surface area is 109 Å². The number of hydrogen-bond donors (Lipinski definition) is 4. The van der Waals surface area contributed by atoms with E-state index in [9.17, 15) is 14.0 Å². The number of aliphatic carboxylic acids is 1. The SMILES string of the molecule is Cc1cc(F)ccc1NC(=O)NC(CCO)C(=O)O. The van der Waals surface area contributed by atoms with Gasteiger partial charge in [-0.2, -0.15) is 0 Å². The first-order chi connectivity index (χ1) is 8.93. The number of nitrogens with one attached hydrogen (secondary N) is 2. The average Bonchev–Trinajstić information content (AvgIpc) is 2.32. The maximum absolute atomic E-state index is 12.9. The van der Waals surface area contributed by atoms with E-state index in [2.05, 4.69) is 10.6 Å². The molecule has 1 atom stereocenters. The van der Waals surface area contributed by atoms with Crippen LogP contribution in [0, 0.1) is 12.7 Å². The molecule has 7 heteroatoms. The number of carboxylic acid groups (broad SMARTS) is 1. The molecule has 104 valence electrons. The van der Waals surface area contributed by atoms with E-state index in [1.54, 1.807) is 6.92 Å². The molecule has 0 heterocycles. The molecule has 1 aromatic rings. The molecule has 0 saturated carbocycles. The number of aryl methyl sites for hydroxylation is 1. The van der Waals surface area contributed by atoms with Crippen molar-refractivity contribution in [2.45, 2.75) is 19.4 Å². The van der Waals surface area contributed by atoms with Gasteiger partial charge in [0.25, 0.3) is 0 Å². The van der Waals surface area contributed by atoms with Gasteiger partial charge in [-0.05, 0) is 30.7 Å². The molecule has 2 amide bonds. The smallest absolute Gasteiger partial charge is 0.326 e. The van der Waals surface area contributed by atoms with Crippen molar-refractivity contribution in [3.63, 3.8) is 0 Å². The molecule has 1 unspecified atom stereocenters.